The number of para-hydroxylation sites is 1. The molecule has 1 N–H and O–H groups in total. The summed E-state index contributed by atoms with van der Waals surface area (Å²) in [5.74, 6) is 0.547. The first-order valence-electron chi connectivity index (χ1n) is 7.51. The van der Waals surface area contributed by atoms with Gasteiger partial charge in [-0.1, -0.05) is 18.2 Å². The number of amides is 1. The zero-order valence-corrected chi connectivity index (χ0v) is 12.5. The van der Waals surface area contributed by atoms with Crippen molar-refractivity contribution in [2.45, 2.75) is 32.7 Å². The number of likely N-dealkylation sites (tertiary alicyclic amines) is 1. The molecule has 0 bridgehead atoms. The number of rotatable bonds is 2. The summed E-state index contributed by atoms with van der Waals surface area (Å²) < 4.78 is 5.78. The van der Waals surface area contributed by atoms with E-state index in [1.807, 2.05) is 36.1 Å². The maximum absolute atomic E-state index is 12.8. The highest BCUT2D eigenvalue weighted by atomic mass is 16.3. The van der Waals surface area contributed by atoms with E-state index < -0.39 is 0 Å². The number of benzene rings is 1. The number of furan rings is 1. The average Bonchev–Trinajstić information content (AvgIpc) is 2.85. The molecule has 112 valence electrons. The summed E-state index contributed by atoms with van der Waals surface area (Å²) in [6.07, 6.45) is 1.90. The molecular formula is C17H21NO3. The predicted molar refractivity (Wildman–Crippen MR) is 81.3 cm³/mol. The van der Waals surface area contributed by atoms with E-state index in [1.54, 1.807) is 0 Å². The lowest BCUT2D eigenvalue weighted by Crippen LogP contribution is -2.46. The largest absolute Gasteiger partial charge is 0.451 e. The smallest absolute Gasteiger partial charge is 0.290 e. The number of carbonyl (C=O) groups excluding carboxylic acids is 1. The summed E-state index contributed by atoms with van der Waals surface area (Å²) in [4.78, 5) is 14.7. The number of carbonyl (C=O) groups is 1. The molecule has 2 atom stereocenters. The molecule has 2 unspecified atom stereocenters. The van der Waals surface area contributed by atoms with Gasteiger partial charge in [0.25, 0.3) is 5.91 Å². The zero-order chi connectivity index (χ0) is 15.0. The Balaban J connectivity index is 1.94. The van der Waals surface area contributed by atoms with Gasteiger partial charge in [0, 0.05) is 30.1 Å². The number of fused-ring (bicyclic) bond motifs is 1. The first-order chi connectivity index (χ1) is 10.1. The van der Waals surface area contributed by atoms with E-state index in [4.69, 9.17) is 4.42 Å². The third-order valence-electron chi connectivity index (χ3n) is 4.54. The molecule has 0 aliphatic carbocycles. The minimum absolute atomic E-state index is 0.0608. The first kappa shape index (κ1) is 14.1. The van der Waals surface area contributed by atoms with Crippen molar-refractivity contribution >= 4 is 16.9 Å². The highest BCUT2D eigenvalue weighted by molar-refractivity contribution is 5.99. The summed E-state index contributed by atoms with van der Waals surface area (Å²) in [6, 6.07) is 7.90. The van der Waals surface area contributed by atoms with E-state index in [0.717, 1.165) is 29.4 Å². The van der Waals surface area contributed by atoms with Crippen LogP contribution < -0.4 is 0 Å². The van der Waals surface area contributed by atoms with Crippen LogP contribution in [0.1, 0.15) is 35.9 Å². The SMILES string of the molecule is Cc1c(C(=O)N2CC(CO)CCC2C)oc2ccccc12. The lowest BCUT2D eigenvalue weighted by molar-refractivity contribution is 0.0460. The van der Waals surface area contributed by atoms with Gasteiger partial charge in [0.15, 0.2) is 5.76 Å². The number of aryl methyl sites for hydroxylation is 1. The topological polar surface area (TPSA) is 53.7 Å². The molecule has 2 aromatic rings. The predicted octanol–water partition coefficient (Wildman–Crippen LogP) is 2.97. The third-order valence-corrected chi connectivity index (χ3v) is 4.54. The van der Waals surface area contributed by atoms with E-state index in [1.165, 1.54) is 0 Å². The Labute approximate surface area is 124 Å². The minimum atomic E-state index is -0.0608. The number of piperidine rings is 1. The number of aliphatic hydroxyl groups excluding tert-OH is 1. The average molecular weight is 287 g/mol. The van der Waals surface area contributed by atoms with Crippen LogP contribution in [-0.4, -0.2) is 35.1 Å². The number of aliphatic hydroxyl groups is 1. The molecule has 0 saturated carbocycles. The van der Waals surface area contributed by atoms with Crippen LogP contribution in [0, 0.1) is 12.8 Å². The molecule has 4 nitrogen and oxygen atoms in total. The molecule has 1 fully saturated rings. The lowest BCUT2D eigenvalue weighted by atomic mass is 9.93. The van der Waals surface area contributed by atoms with Gasteiger partial charge in [0.05, 0.1) is 0 Å². The second kappa shape index (κ2) is 5.53. The van der Waals surface area contributed by atoms with Crippen molar-refractivity contribution in [3.8, 4) is 0 Å². The fourth-order valence-electron chi connectivity index (χ4n) is 3.12. The molecule has 4 heteroatoms. The second-order valence-electron chi connectivity index (χ2n) is 5.98. The summed E-state index contributed by atoms with van der Waals surface area (Å²) in [5, 5.41) is 10.3. The van der Waals surface area contributed by atoms with Crippen molar-refractivity contribution in [2.75, 3.05) is 13.2 Å². The van der Waals surface area contributed by atoms with Gasteiger partial charge in [-0.2, -0.15) is 0 Å². The van der Waals surface area contributed by atoms with Crippen LogP contribution in [-0.2, 0) is 0 Å². The zero-order valence-electron chi connectivity index (χ0n) is 12.5. The Morgan fingerprint density at radius 3 is 2.86 bits per heavy atom. The van der Waals surface area contributed by atoms with Gasteiger partial charge < -0.3 is 14.4 Å². The number of hydrogen-bond donors (Lipinski definition) is 1. The Kier molecular flexibility index (Phi) is 3.72. The maximum atomic E-state index is 12.8. The molecule has 1 aromatic carbocycles. The Hall–Kier alpha value is -1.81. The summed E-state index contributed by atoms with van der Waals surface area (Å²) in [7, 11) is 0. The van der Waals surface area contributed by atoms with Crippen LogP contribution in [0.25, 0.3) is 11.0 Å². The summed E-state index contributed by atoms with van der Waals surface area (Å²) >= 11 is 0. The monoisotopic (exact) mass is 287 g/mol. The van der Waals surface area contributed by atoms with Crippen LogP contribution in [0.5, 0.6) is 0 Å². The maximum Gasteiger partial charge on any atom is 0.290 e. The Morgan fingerprint density at radius 1 is 1.38 bits per heavy atom. The van der Waals surface area contributed by atoms with Crippen molar-refractivity contribution < 1.29 is 14.3 Å². The number of nitrogens with zero attached hydrogens (tertiary/aromatic N) is 1. The third kappa shape index (κ3) is 2.44. The Morgan fingerprint density at radius 2 is 2.14 bits per heavy atom. The van der Waals surface area contributed by atoms with Crippen LogP contribution in [0.2, 0.25) is 0 Å². The van der Waals surface area contributed by atoms with E-state index >= 15 is 0 Å². The van der Waals surface area contributed by atoms with E-state index in [9.17, 15) is 9.90 Å². The van der Waals surface area contributed by atoms with Gasteiger partial charge >= 0.3 is 0 Å². The molecule has 0 radical (unpaired) electrons. The van der Waals surface area contributed by atoms with Crippen LogP contribution in [0.15, 0.2) is 28.7 Å². The van der Waals surface area contributed by atoms with Gasteiger partial charge in [-0.05, 0) is 38.7 Å². The second-order valence-corrected chi connectivity index (χ2v) is 5.98. The molecule has 3 rings (SSSR count). The van der Waals surface area contributed by atoms with Crippen LogP contribution in [0.4, 0.5) is 0 Å². The van der Waals surface area contributed by atoms with Gasteiger partial charge in [0.1, 0.15) is 5.58 Å². The molecule has 2 heterocycles. The highest BCUT2D eigenvalue weighted by Gasteiger charge is 2.32. The van der Waals surface area contributed by atoms with Gasteiger partial charge in [-0.15, -0.1) is 0 Å². The molecule has 1 saturated heterocycles. The van der Waals surface area contributed by atoms with E-state index in [0.29, 0.717) is 12.3 Å². The Bertz CT molecular complexity index is 661. The van der Waals surface area contributed by atoms with Gasteiger partial charge in [0.2, 0.25) is 0 Å². The van der Waals surface area contributed by atoms with Crippen molar-refractivity contribution in [3.63, 3.8) is 0 Å². The van der Waals surface area contributed by atoms with Crippen LogP contribution in [0.3, 0.4) is 0 Å². The molecule has 1 aromatic heterocycles. The molecule has 1 aliphatic rings. The normalized spacial score (nSPS) is 22.7. The molecular weight excluding hydrogens is 266 g/mol. The molecule has 1 amide bonds. The van der Waals surface area contributed by atoms with Crippen molar-refractivity contribution in [2.24, 2.45) is 5.92 Å². The number of hydrogen-bond acceptors (Lipinski definition) is 3. The fraction of sp³-hybridized carbons (Fsp3) is 0.471. The minimum Gasteiger partial charge on any atom is -0.451 e. The molecule has 0 spiro atoms. The van der Waals surface area contributed by atoms with Gasteiger partial charge in [-0.25, -0.2) is 0 Å². The highest BCUT2D eigenvalue weighted by Crippen LogP contribution is 2.29. The standard InChI is InChI=1S/C17H21NO3/c1-11-7-8-13(10-19)9-18(11)17(20)16-12(2)14-5-3-4-6-15(14)21-16/h3-6,11,13,19H,7-10H2,1-2H3. The van der Waals surface area contributed by atoms with Crippen LogP contribution >= 0.6 is 0 Å². The van der Waals surface area contributed by atoms with Crippen molar-refractivity contribution in [1.29, 1.82) is 0 Å². The van der Waals surface area contributed by atoms with E-state index in [2.05, 4.69) is 6.92 Å². The molecule has 1 aliphatic heterocycles. The van der Waals surface area contributed by atoms with Gasteiger partial charge in [-0.3, -0.25) is 4.79 Å². The van der Waals surface area contributed by atoms with Crippen molar-refractivity contribution in [1.82, 2.24) is 4.90 Å². The first-order valence-corrected chi connectivity index (χ1v) is 7.51. The van der Waals surface area contributed by atoms with Crippen molar-refractivity contribution in [3.05, 3.63) is 35.6 Å². The summed E-state index contributed by atoms with van der Waals surface area (Å²) in [6.45, 7) is 4.73. The fourth-order valence-corrected chi connectivity index (χ4v) is 3.12. The summed E-state index contributed by atoms with van der Waals surface area (Å²) in [5.41, 5.74) is 1.65. The lowest BCUT2D eigenvalue weighted by Gasteiger charge is -2.37. The molecule has 21 heavy (non-hydrogen) atoms. The van der Waals surface area contributed by atoms with E-state index in [-0.39, 0.29) is 24.5 Å². The quantitative estimate of drug-likeness (QED) is 0.924.